The van der Waals surface area contributed by atoms with Gasteiger partial charge in [0.15, 0.2) is 0 Å². The van der Waals surface area contributed by atoms with E-state index in [1.165, 1.54) is 6.66 Å². The summed E-state index contributed by atoms with van der Waals surface area (Å²) in [6.45, 7) is 1.48. The predicted molar refractivity (Wildman–Crippen MR) is 29.1 cm³/mol. The maximum Gasteiger partial charge on any atom is 0.311 e. The Morgan fingerprint density at radius 2 is 2.38 bits per heavy atom. The molecule has 0 aromatic carbocycles. The summed E-state index contributed by atoms with van der Waals surface area (Å²) in [6, 6.07) is 0. The molecule has 4 heteroatoms. The van der Waals surface area contributed by atoms with E-state index in [0.717, 1.165) is 0 Å². The summed E-state index contributed by atoms with van der Waals surface area (Å²) in [4.78, 5) is 10.3. The summed E-state index contributed by atoms with van der Waals surface area (Å²) in [6.07, 6.45) is 0.750. The zero-order chi connectivity index (χ0) is 6.20. The summed E-state index contributed by atoms with van der Waals surface area (Å²) < 4.78 is 15.2. The van der Waals surface area contributed by atoms with E-state index in [-0.39, 0.29) is 5.97 Å². The Balaban J connectivity index is 2.70. The molecule has 1 aliphatic heterocycles. The summed E-state index contributed by atoms with van der Waals surface area (Å²) in [5.74, 6) is -0.323. The second-order valence-electron chi connectivity index (χ2n) is 1.95. The summed E-state index contributed by atoms with van der Waals surface area (Å²) in [5, 5.41) is 0. The van der Waals surface area contributed by atoms with Crippen molar-refractivity contribution in [3.05, 3.63) is 0 Å². The van der Waals surface area contributed by atoms with E-state index in [4.69, 9.17) is 0 Å². The molecule has 1 rings (SSSR count). The molecule has 1 atom stereocenters. The Bertz CT molecular complexity index is 163. The molecule has 0 saturated carbocycles. The minimum atomic E-state index is -2.45. The van der Waals surface area contributed by atoms with Crippen LogP contribution in [0.5, 0.6) is 0 Å². The van der Waals surface area contributed by atoms with E-state index in [0.29, 0.717) is 12.6 Å². The number of hydrogen-bond acceptors (Lipinski definition) is 3. The molecule has 0 aromatic heterocycles. The molecule has 1 saturated heterocycles. The smallest absolute Gasteiger partial charge is 0.311 e. The van der Waals surface area contributed by atoms with Crippen LogP contribution in [-0.4, -0.2) is 18.8 Å². The van der Waals surface area contributed by atoms with Gasteiger partial charge >= 0.3 is 5.97 Å². The van der Waals surface area contributed by atoms with Crippen molar-refractivity contribution in [2.75, 3.05) is 12.8 Å². The van der Waals surface area contributed by atoms with Crippen molar-refractivity contribution >= 4 is 13.3 Å². The zero-order valence-corrected chi connectivity index (χ0v) is 5.48. The van der Waals surface area contributed by atoms with Crippen LogP contribution in [0.1, 0.15) is 6.42 Å². The van der Waals surface area contributed by atoms with Gasteiger partial charge in [-0.05, 0) is 0 Å². The zero-order valence-electron chi connectivity index (χ0n) is 4.59. The largest absolute Gasteiger partial charge is 0.412 e. The molecule has 0 radical (unpaired) electrons. The van der Waals surface area contributed by atoms with E-state index >= 15 is 0 Å². The highest BCUT2D eigenvalue weighted by Crippen LogP contribution is 2.48. The lowest BCUT2D eigenvalue weighted by molar-refractivity contribution is -0.132. The molecule has 0 aliphatic carbocycles. The van der Waals surface area contributed by atoms with Crippen molar-refractivity contribution in [3.8, 4) is 0 Å². The van der Waals surface area contributed by atoms with E-state index in [2.05, 4.69) is 4.52 Å². The van der Waals surface area contributed by atoms with Gasteiger partial charge < -0.3 is 4.52 Å². The maximum absolute atomic E-state index is 10.8. The highest BCUT2D eigenvalue weighted by molar-refractivity contribution is 7.59. The van der Waals surface area contributed by atoms with Gasteiger partial charge in [0.05, 0.1) is 6.42 Å². The molecule has 1 fully saturated rings. The van der Waals surface area contributed by atoms with Crippen LogP contribution < -0.4 is 0 Å². The Labute approximate surface area is 47.5 Å². The van der Waals surface area contributed by atoms with Crippen molar-refractivity contribution in [2.45, 2.75) is 6.42 Å². The lowest BCUT2D eigenvalue weighted by Crippen LogP contribution is -1.87. The molecule has 1 aliphatic rings. The lowest BCUT2D eigenvalue weighted by atomic mass is 10.5. The fraction of sp³-hybridized carbons (Fsp3) is 0.750. The highest BCUT2D eigenvalue weighted by atomic mass is 31.2. The second-order valence-corrected chi connectivity index (χ2v) is 4.61. The Morgan fingerprint density at radius 3 is 2.50 bits per heavy atom. The normalized spacial score (nSPS) is 37.4. The first kappa shape index (κ1) is 5.83. The quantitative estimate of drug-likeness (QED) is 0.461. The van der Waals surface area contributed by atoms with Gasteiger partial charge in [-0.2, -0.15) is 0 Å². The summed E-state index contributed by atoms with van der Waals surface area (Å²) in [5.41, 5.74) is 0. The van der Waals surface area contributed by atoms with Gasteiger partial charge in [-0.3, -0.25) is 9.36 Å². The number of rotatable bonds is 0. The molecule has 0 bridgehead atoms. The van der Waals surface area contributed by atoms with Crippen LogP contribution >= 0.6 is 7.37 Å². The Hall–Kier alpha value is -0.300. The van der Waals surface area contributed by atoms with Crippen LogP contribution in [0.3, 0.4) is 0 Å². The molecule has 1 heterocycles. The van der Waals surface area contributed by atoms with Crippen molar-refractivity contribution in [1.82, 2.24) is 0 Å². The Kier molecular flexibility index (Phi) is 1.16. The SMILES string of the molecule is C[P@]1(=O)CCC(=O)O1. The lowest BCUT2D eigenvalue weighted by Gasteiger charge is -1.98. The first-order valence-corrected chi connectivity index (χ1v) is 4.65. The average molecular weight is 134 g/mol. The Morgan fingerprint density at radius 1 is 1.75 bits per heavy atom. The van der Waals surface area contributed by atoms with Gasteiger partial charge in [0, 0.05) is 12.8 Å². The number of carbonyl (C=O) groups excluding carboxylic acids is 1. The van der Waals surface area contributed by atoms with Gasteiger partial charge in [-0.25, -0.2) is 0 Å². The van der Waals surface area contributed by atoms with Crippen LogP contribution in [-0.2, 0) is 13.9 Å². The van der Waals surface area contributed by atoms with Gasteiger partial charge in [0.1, 0.15) is 0 Å². The van der Waals surface area contributed by atoms with Crippen LogP contribution in [0, 0.1) is 0 Å². The van der Waals surface area contributed by atoms with E-state index in [1.807, 2.05) is 0 Å². The molecule has 46 valence electrons. The topological polar surface area (TPSA) is 43.4 Å². The number of hydrogen-bond donors (Lipinski definition) is 0. The molecule has 0 amide bonds. The third kappa shape index (κ3) is 1.10. The van der Waals surface area contributed by atoms with Gasteiger partial charge in [-0.1, -0.05) is 0 Å². The monoisotopic (exact) mass is 134 g/mol. The molecule has 0 spiro atoms. The van der Waals surface area contributed by atoms with Crippen molar-refractivity contribution in [3.63, 3.8) is 0 Å². The molecule has 3 nitrogen and oxygen atoms in total. The molecule has 8 heavy (non-hydrogen) atoms. The van der Waals surface area contributed by atoms with E-state index in [1.54, 1.807) is 0 Å². The summed E-state index contributed by atoms with van der Waals surface area (Å²) in [7, 11) is -2.45. The van der Waals surface area contributed by atoms with Crippen molar-refractivity contribution < 1.29 is 13.9 Å². The first-order chi connectivity index (χ1) is 3.60. The van der Waals surface area contributed by atoms with Crippen LogP contribution in [0.25, 0.3) is 0 Å². The molecule has 0 unspecified atom stereocenters. The molecule has 0 aromatic rings. The minimum absolute atomic E-state index is 0.323. The van der Waals surface area contributed by atoms with Gasteiger partial charge in [-0.15, -0.1) is 0 Å². The van der Waals surface area contributed by atoms with E-state index < -0.39 is 7.37 Å². The predicted octanol–water partition coefficient (Wildman–Crippen LogP) is 0.841. The molecule has 0 N–H and O–H groups in total. The van der Waals surface area contributed by atoms with Crippen LogP contribution in [0.15, 0.2) is 0 Å². The third-order valence-electron chi connectivity index (χ3n) is 1.02. The van der Waals surface area contributed by atoms with Crippen LogP contribution in [0.2, 0.25) is 0 Å². The average Bonchev–Trinajstić information content (AvgIpc) is 1.82. The van der Waals surface area contributed by atoms with Gasteiger partial charge in [0.2, 0.25) is 7.37 Å². The number of carbonyl (C=O) groups is 1. The third-order valence-corrected chi connectivity index (χ3v) is 2.64. The van der Waals surface area contributed by atoms with Crippen LogP contribution in [0.4, 0.5) is 0 Å². The fourth-order valence-electron chi connectivity index (χ4n) is 0.601. The van der Waals surface area contributed by atoms with Crippen molar-refractivity contribution in [2.24, 2.45) is 0 Å². The standard InChI is InChI=1S/C4H7O3P/c1-8(6)3-2-4(5)7-8/h2-3H2,1H3/t8-/m1/s1. The minimum Gasteiger partial charge on any atom is -0.412 e. The fourth-order valence-corrected chi connectivity index (χ4v) is 1.80. The second kappa shape index (κ2) is 1.59. The van der Waals surface area contributed by atoms with Crippen molar-refractivity contribution in [1.29, 1.82) is 0 Å². The summed E-state index contributed by atoms with van der Waals surface area (Å²) >= 11 is 0. The van der Waals surface area contributed by atoms with E-state index in [9.17, 15) is 9.36 Å². The maximum atomic E-state index is 10.8. The highest BCUT2D eigenvalue weighted by Gasteiger charge is 2.28. The van der Waals surface area contributed by atoms with Gasteiger partial charge in [0.25, 0.3) is 0 Å². The molecular formula is C4H7O3P. The first-order valence-electron chi connectivity index (χ1n) is 2.39. The molecular weight excluding hydrogens is 127 g/mol.